The van der Waals surface area contributed by atoms with Crippen molar-refractivity contribution in [3.8, 4) is 11.5 Å². The van der Waals surface area contributed by atoms with Gasteiger partial charge in [0.2, 0.25) is 6.79 Å². The first kappa shape index (κ1) is 23.7. The normalized spacial score (nSPS) is 14.8. The second-order valence-electron chi connectivity index (χ2n) is 8.31. The minimum Gasteiger partial charge on any atom is -0.454 e. The van der Waals surface area contributed by atoms with E-state index in [1.807, 2.05) is 11.0 Å². The summed E-state index contributed by atoms with van der Waals surface area (Å²) < 4.78 is 24.0. The van der Waals surface area contributed by atoms with Gasteiger partial charge in [-0.05, 0) is 55.0 Å². The van der Waals surface area contributed by atoms with E-state index >= 15 is 0 Å². The van der Waals surface area contributed by atoms with Crippen molar-refractivity contribution in [2.75, 3.05) is 48.5 Å². The summed E-state index contributed by atoms with van der Waals surface area (Å²) in [6, 6.07) is 12.2. The molecule has 11 heteroatoms. The number of hydrogen-bond acceptors (Lipinski definition) is 6. The number of pyridine rings is 1. The molecule has 3 amide bonds. The number of amides is 3. The van der Waals surface area contributed by atoms with Gasteiger partial charge in [0, 0.05) is 37.4 Å². The van der Waals surface area contributed by atoms with Crippen molar-refractivity contribution in [3.63, 3.8) is 0 Å². The molecule has 2 aromatic carbocycles. The number of nitrogens with zero attached hydrogens (tertiary/aromatic N) is 3. The fourth-order valence-corrected chi connectivity index (χ4v) is 4.26. The van der Waals surface area contributed by atoms with Crippen LogP contribution >= 0.6 is 11.6 Å². The third-order valence-corrected chi connectivity index (χ3v) is 6.20. The molecule has 9 nitrogen and oxygen atoms in total. The van der Waals surface area contributed by atoms with Crippen LogP contribution in [-0.4, -0.2) is 54.8 Å². The van der Waals surface area contributed by atoms with Gasteiger partial charge in [0.05, 0.1) is 16.9 Å². The monoisotopic (exact) mass is 511 g/mol. The van der Waals surface area contributed by atoms with E-state index in [0.29, 0.717) is 48.1 Å². The third-order valence-electron chi connectivity index (χ3n) is 5.91. The topological polar surface area (TPSA) is 96.0 Å². The fourth-order valence-electron chi connectivity index (χ4n) is 4.08. The van der Waals surface area contributed by atoms with E-state index in [1.54, 1.807) is 30.5 Å². The molecule has 3 aromatic rings. The van der Waals surface area contributed by atoms with Crippen molar-refractivity contribution in [2.24, 2.45) is 0 Å². The van der Waals surface area contributed by atoms with Crippen LogP contribution in [0.2, 0.25) is 5.02 Å². The molecule has 0 radical (unpaired) electrons. The molecule has 1 saturated heterocycles. The Morgan fingerprint density at radius 3 is 2.53 bits per heavy atom. The van der Waals surface area contributed by atoms with Gasteiger partial charge in [0.15, 0.2) is 11.5 Å². The second kappa shape index (κ2) is 10.3. The molecule has 0 aliphatic carbocycles. The number of carbonyl (C=O) groups excluding carboxylic acids is 2. The summed E-state index contributed by atoms with van der Waals surface area (Å²) in [6.45, 7) is 2.73. The molecule has 3 heterocycles. The van der Waals surface area contributed by atoms with E-state index in [9.17, 15) is 14.0 Å². The van der Waals surface area contributed by atoms with Crippen LogP contribution in [0.15, 0.2) is 54.7 Å². The predicted molar refractivity (Wildman–Crippen MR) is 134 cm³/mol. The van der Waals surface area contributed by atoms with E-state index in [1.165, 1.54) is 18.2 Å². The molecule has 0 bridgehead atoms. The van der Waals surface area contributed by atoms with Gasteiger partial charge >= 0.3 is 6.03 Å². The summed E-state index contributed by atoms with van der Waals surface area (Å²) in [5.41, 5.74) is 1.44. The van der Waals surface area contributed by atoms with Crippen molar-refractivity contribution in [2.45, 2.75) is 6.42 Å². The zero-order valence-corrected chi connectivity index (χ0v) is 19.9. The molecule has 36 heavy (non-hydrogen) atoms. The molecule has 5 rings (SSSR count). The number of ether oxygens (including phenoxy) is 2. The number of nitrogens with one attached hydrogen (secondary N) is 2. The lowest BCUT2D eigenvalue weighted by atomic mass is 10.1. The molecule has 0 unspecified atom stereocenters. The highest BCUT2D eigenvalue weighted by Crippen LogP contribution is 2.33. The van der Waals surface area contributed by atoms with Crippen LogP contribution in [0.5, 0.6) is 11.5 Å². The highest BCUT2D eigenvalue weighted by molar-refractivity contribution is 6.31. The van der Waals surface area contributed by atoms with Crippen LogP contribution in [0.3, 0.4) is 0 Å². The van der Waals surface area contributed by atoms with Crippen LogP contribution in [0.4, 0.5) is 26.4 Å². The summed E-state index contributed by atoms with van der Waals surface area (Å²) in [7, 11) is 0. The van der Waals surface area contributed by atoms with Crippen molar-refractivity contribution in [3.05, 3.63) is 71.1 Å². The average Bonchev–Trinajstić information content (AvgIpc) is 3.21. The highest BCUT2D eigenvalue weighted by Gasteiger charge is 2.23. The average molecular weight is 512 g/mol. The van der Waals surface area contributed by atoms with E-state index in [4.69, 9.17) is 21.1 Å². The number of hydrogen-bond donors (Lipinski definition) is 2. The Kier molecular flexibility index (Phi) is 6.77. The van der Waals surface area contributed by atoms with Crippen LogP contribution in [0.1, 0.15) is 16.8 Å². The lowest BCUT2D eigenvalue weighted by molar-refractivity contribution is 0.0766. The van der Waals surface area contributed by atoms with E-state index in [-0.39, 0.29) is 17.7 Å². The Hall–Kier alpha value is -4.05. The number of fused-ring (bicyclic) bond motifs is 1. The fraction of sp³-hybridized carbons (Fsp3) is 0.240. The molecular formula is C25H23ClFN5O4. The number of rotatable bonds is 4. The third kappa shape index (κ3) is 5.28. The van der Waals surface area contributed by atoms with Gasteiger partial charge in [0.1, 0.15) is 11.6 Å². The second-order valence-corrected chi connectivity index (χ2v) is 8.72. The van der Waals surface area contributed by atoms with Crippen LogP contribution in [0.25, 0.3) is 0 Å². The van der Waals surface area contributed by atoms with Gasteiger partial charge in [-0.3, -0.25) is 4.79 Å². The number of carbonyl (C=O) groups is 2. The lowest BCUT2D eigenvalue weighted by Crippen LogP contribution is -2.35. The highest BCUT2D eigenvalue weighted by atomic mass is 35.5. The first-order chi connectivity index (χ1) is 17.5. The standard InChI is InChI=1S/C25H23ClFN5O4/c26-19-13-17(3-5-20(19)27)29-25(34)30-18-4-7-23(28-14-18)31-8-1-9-32(11-10-31)24(33)16-2-6-21-22(12-16)36-15-35-21/h2-7,12-14H,1,8-11,15H2,(H2,29,30,34). The molecule has 1 fully saturated rings. The van der Waals surface area contributed by atoms with Gasteiger partial charge in [-0.1, -0.05) is 11.6 Å². The Bertz CT molecular complexity index is 1290. The molecule has 2 aliphatic heterocycles. The van der Waals surface area contributed by atoms with Gasteiger partial charge in [-0.25, -0.2) is 14.2 Å². The Morgan fingerprint density at radius 2 is 1.72 bits per heavy atom. The minimum absolute atomic E-state index is 0.0453. The molecule has 0 saturated carbocycles. The number of anilines is 3. The molecule has 0 atom stereocenters. The van der Waals surface area contributed by atoms with Crippen molar-refractivity contribution >= 4 is 40.7 Å². The first-order valence-corrected chi connectivity index (χ1v) is 11.8. The van der Waals surface area contributed by atoms with Crippen molar-refractivity contribution in [1.29, 1.82) is 0 Å². The maximum absolute atomic E-state index is 13.3. The molecular weight excluding hydrogens is 489 g/mol. The first-order valence-electron chi connectivity index (χ1n) is 11.4. The van der Waals surface area contributed by atoms with Gasteiger partial charge < -0.3 is 29.9 Å². The molecule has 2 N–H and O–H groups in total. The number of benzene rings is 2. The summed E-state index contributed by atoms with van der Waals surface area (Å²) >= 11 is 5.75. The minimum atomic E-state index is -0.559. The SMILES string of the molecule is O=C(Nc1ccc(N2CCCN(C(=O)c3ccc4c(c3)OCO4)CC2)nc1)Nc1ccc(F)c(Cl)c1. The molecule has 0 spiro atoms. The van der Waals surface area contributed by atoms with Gasteiger partial charge in [-0.2, -0.15) is 0 Å². The Labute approximate surface area is 211 Å². The largest absolute Gasteiger partial charge is 0.454 e. The number of urea groups is 1. The molecule has 1 aromatic heterocycles. The molecule has 2 aliphatic rings. The maximum Gasteiger partial charge on any atom is 0.323 e. The van der Waals surface area contributed by atoms with E-state index < -0.39 is 11.8 Å². The summed E-state index contributed by atoms with van der Waals surface area (Å²) in [4.78, 5) is 33.7. The predicted octanol–water partition coefficient (Wildman–Crippen LogP) is 4.60. The number of halogens is 2. The van der Waals surface area contributed by atoms with Crippen LogP contribution < -0.4 is 25.0 Å². The lowest BCUT2D eigenvalue weighted by Gasteiger charge is -2.23. The van der Waals surface area contributed by atoms with Crippen LogP contribution in [-0.2, 0) is 0 Å². The zero-order chi connectivity index (χ0) is 25.1. The maximum atomic E-state index is 13.3. The Morgan fingerprint density at radius 1 is 0.917 bits per heavy atom. The van der Waals surface area contributed by atoms with Gasteiger partial charge in [-0.15, -0.1) is 0 Å². The summed E-state index contributed by atoms with van der Waals surface area (Å²) in [5, 5.41) is 5.20. The Balaban J connectivity index is 1.16. The quantitative estimate of drug-likeness (QED) is 0.531. The van der Waals surface area contributed by atoms with Crippen LogP contribution in [0, 0.1) is 5.82 Å². The summed E-state index contributed by atoms with van der Waals surface area (Å²) in [6.07, 6.45) is 2.35. The number of aromatic nitrogens is 1. The van der Waals surface area contributed by atoms with Gasteiger partial charge in [0.25, 0.3) is 5.91 Å². The van der Waals surface area contributed by atoms with E-state index in [0.717, 1.165) is 18.8 Å². The smallest absolute Gasteiger partial charge is 0.323 e. The summed E-state index contributed by atoms with van der Waals surface area (Å²) in [5.74, 6) is 1.39. The van der Waals surface area contributed by atoms with Crippen molar-refractivity contribution in [1.82, 2.24) is 9.88 Å². The van der Waals surface area contributed by atoms with E-state index in [2.05, 4.69) is 20.5 Å². The zero-order valence-electron chi connectivity index (χ0n) is 19.2. The van der Waals surface area contributed by atoms with Crippen molar-refractivity contribution < 1.29 is 23.5 Å². The molecule has 186 valence electrons.